The zero-order valence-corrected chi connectivity index (χ0v) is 15.3. The SMILES string of the molecule is C=CC.CO[C@H](C)CCCCn1c(=O)c2c(ncn2C)n(C)c1=O. The van der Waals surface area contributed by atoms with Gasteiger partial charge in [0.05, 0.1) is 12.4 Å². The summed E-state index contributed by atoms with van der Waals surface area (Å²) in [6.07, 6.45) is 6.10. The van der Waals surface area contributed by atoms with E-state index in [2.05, 4.69) is 11.6 Å². The monoisotopic (exact) mass is 336 g/mol. The van der Waals surface area contributed by atoms with Crippen LogP contribution in [0.5, 0.6) is 0 Å². The maximum absolute atomic E-state index is 12.4. The first-order valence-electron chi connectivity index (χ1n) is 8.09. The van der Waals surface area contributed by atoms with Crippen LogP contribution in [0.25, 0.3) is 11.2 Å². The van der Waals surface area contributed by atoms with Crippen LogP contribution in [-0.2, 0) is 25.4 Å². The van der Waals surface area contributed by atoms with Gasteiger partial charge < -0.3 is 9.30 Å². The average Bonchev–Trinajstić information content (AvgIpc) is 2.94. The molecule has 0 aliphatic carbocycles. The van der Waals surface area contributed by atoms with Crippen LogP contribution in [0.1, 0.15) is 33.1 Å². The lowest BCUT2D eigenvalue weighted by molar-refractivity contribution is 0.108. The van der Waals surface area contributed by atoms with Crippen LogP contribution in [0, 0.1) is 0 Å². The van der Waals surface area contributed by atoms with E-state index in [0.29, 0.717) is 17.7 Å². The third-order valence-electron chi connectivity index (χ3n) is 3.85. The van der Waals surface area contributed by atoms with Gasteiger partial charge in [-0.15, -0.1) is 6.58 Å². The van der Waals surface area contributed by atoms with Crippen molar-refractivity contribution >= 4 is 11.2 Å². The van der Waals surface area contributed by atoms with Gasteiger partial charge in [-0.05, 0) is 33.1 Å². The summed E-state index contributed by atoms with van der Waals surface area (Å²) in [6.45, 7) is 7.68. The normalized spacial score (nSPS) is 11.9. The molecule has 2 aromatic heterocycles. The standard InChI is InChI=1S/C14H22N4O3.C3H6/c1-10(21-4)7-5-6-8-18-13(19)11-12(15-9-16(11)2)17(3)14(18)20;1-3-2/h9-10H,5-8H2,1-4H3;3H,1H2,2H3/t10-;/m1./s1. The second-order valence-corrected chi connectivity index (χ2v) is 5.78. The van der Waals surface area contributed by atoms with E-state index >= 15 is 0 Å². The fraction of sp³-hybridized carbons (Fsp3) is 0.588. The first-order valence-corrected chi connectivity index (χ1v) is 8.09. The van der Waals surface area contributed by atoms with E-state index in [-0.39, 0.29) is 17.4 Å². The van der Waals surface area contributed by atoms with Crippen LogP contribution in [-0.4, -0.2) is 31.9 Å². The average molecular weight is 336 g/mol. The molecule has 0 amide bonds. The molecule has 2 aromatic rings. The molecule has 0 spiro atoms. The molecule has 0 aliphatic heterocycles. The smallest absolute Gasteiger partial charge is 0.332 e. The van der Waals surface area contributed by atoms with Crippen molar-refractivity contribution in [1.29, 1.82) is 0 Å². The number of hydrogen-bond acceptors (Lipinski definition) is 4. The molecule has 7 nitrogen and oxygen atoms in total. The van der Waals surface area contributed by atoms with Crippen molar-refractivity contribution in [3.63, 3.8) is 0 Å². The number of unbranched alkanes of at least 4 members (excludes halogenated alkanes) is 1. The van der Waals surface area contributed by atoms with Gasteiger partial charge in [-0.25, -0.2) is 9.78 Å². The van der Waals surface area contributed by atoms with Gasteiger partial charge >= 0.3 is 5.69 Å². The predicted molar refractivity (Wildman–Crippen MR) is 96.4 cm³/mol. The highest BCUT2D eigenvalue weighted by Gasteiger charge is 2.14. The zero-order chi connectivity index (χ0) is 18.3. The van der Waals surface area contributed by atoms with E-state index in [1.165, 1.54) is 9.13 Å². The molecule has 2 heterocycles. The fourth-order valence-corrected chi connectivity index (χ4v) is 2.41. The fourth-order valence-electron chi connectivity index (χ4n) is 2.41. The molecule has 7 heteroatoms. The molecule has 0 radical (unpaired) electrons. The number of hydrogen-bond donors (Lipinski definition) is 0. The molecule has 0 bridgehead atoms. The predicted octanol–water partition coefficient (Wildman–Crippen LogP) is 1.83. The minimum absolute atomic E-state index is 0.198. The Hall–Kier alpha value is -2.15. The van der Waals surface area contributed by atoms with Crippen molar-refractivity contribution in [1.82, 2.24) is 18.7 Å². The number of methoxy groups -OCH3 is 1. The summed E-state index contributed by atoms with van der Waals surface area (Å²) in [5.41, 5.74) is 0.304. The van der Waals surface area contributed by atoms with E-state index in [1.54, 1.807) is 38.2 Å². The molecule has 0 aliphatic rings. The maximum Gasteiger partial charge on any atom is 0.332 e. The van der Waals surface area contributed by atoms with E-state index in [9.17, 15) is 9.59 Å². The summed E-state index contributed by atoms with van der Waals surface area (Å²) in [5.74, 6) is 0. The summed E-state index contributed by atoms with van der Waals surface area (Å²) in [5, 5.41) is 0. The Morgan fingerprint density at radius 3 is 2.54 bits per heavy atom. The van der Waals surface area contributed by atoms with Gasteiger partial charge in [-0.3, -0.25) is 13.9 Å². The molecular formula is C17H28N4O3. The molecule has 24 heavy (non-hydrogen) atoms. The number of rotatable bonds is 6. The van der Waals surface area contributed by atoms with Crippen molar-refractivity contribution in [3.05, 3.63) is 39.8 Å². The van der Waals surface area contributed by atoms with Crippen molar-refractivity contribution in [2.24, 2.45) is 14.1 Å². The highest BCUT2D eigenvalue weighted by Crippen LogP contribution is 2.06. The van der Waals surface area contributed by atoms with Gasteiger partial charge in [0, 0.05) is 27.7 Å². The largest absolute Gasteiger partial charge is 0.382 e. The van der Waals surface area contributed by atoms with Crippen LogP contribution < -0.4 is 11.2 Å². The minimum atomic E-state index is -0.314. The van der Waals surface area contributed by atoms with Crippen molar-refractivity contribution < 1.29 is 4.74 Å². The Bertz CT molecular complexity index is 785. The molecule has 1 atom stereocenters. The molecule has 0 N–H and O–H groups in total. The Morgan fingerprint density at radius 2 is 1.96 bits per heavy atom. The van der Waals surface area contributed by atoms with Gasteiger partial charge in [-0.2, -0.15) is 0 Å². The van der Waals surface area contributed by atoms with Gasteiger partial charge in [0.1, 0.15) is 0 Å². The Kier molecular flexibility index (Phi) is 7.64. The summed E-state index contributed by atoms with van der Waals surface area (Å²) >= 11 is 0. The first-order chi connectivity index (χ1) is 11.4. The van der Waals surface area contributed by atoms with Crippen molar-refractivity contribution in [3.8, 4) is 0 Å². The van der Waals surface area contributed by atoms with E-state index < -0.39 is 0 Å². The number of allylic oxidation sites excluding steroid dienone is 1. The van der Waals surface area contributed by atoms with Crippen molar-refractivity contribution in [2.45, 2.75) is 45.8 Å². The summed E-state index contributed by atoms with van der Waals surface area (Å²) in [6, 6.07) is 0. The first kappa shape index (κ1) is 19.9. The molecule has 0 saturated heterocycles. The highest BCUT2D eigenvalue weighted by atomic mass is 16.5. The van der Waals surface area contributed by atoms with Gasteiger partial charge in [0.15, 0.2) is 11.2 Å². The van der Waals surface area contributed by atoms with E-state index in [1.807, 2.05) is 13.8 Å². The maximum atomic E-state index is 12.4. The van der Waals surface area contributed by atoms with Crippen molar-refractivity contribution in [2.75, 3.05) is 7.11 Å². The van der Waals surface area contributed by atoms with Crippen LogP contribution >= 0.6 is 0 Å². The van der Waals surface area contributed by atoms with Crippen LogP contribution in [0.2, 0.25) is 0 Å². The number of nitrogens with zero attached hydrogens (tertiary/aromatic N) is 4. The molecule has 0 fully saturated rings. The number of imidazole rings is 1. The van der Waals surface area contributed by atoms with E-state index in [0.717, 1.165) is 19.3 Å². The third kappa shape index (κ3) is 4.44. The van der Waals surface area contributed by atoms with Gasteiger partial charge in [-0.1, -0.05) is 6.08 Å². The second-order valence-electron chi connectivity index (χ2n) is 5.78. The molecular weight excluding hydrogens is 308 g/mol. The minimum Gasteiger partial charge on any atom is -0.382 e. The summed E-state index contributed by atoms with van der Waals surface area (Å²) < 4.78 is 9.56. The highest BCUT2D eigenvalue weighted by molar-refractivity contribution is 5.69. The van der Waals surface area contributed by atoms with Gasteiger partial charge in [0.2, 0.25) is 0 Å². The van der Waals surface area contributed by atoms with E-state index in [4.69, 9.17) is 4.74 Å². The molecule has 0 aromatic carbocycles. The number of aryl methyl sites for hydroxylation is 2. The number of fused-ring (bicyclic) bond motifs is 1. The van der Waals surface area contributed by atoms with Crippen LogP contribution in [0.3, 0.4) is 0 Å². The number of aromatic nitrogens is 4. The van der Waals surface area contributed by atoms with Crippen LogP contribution in [0.4, 0.5) is 0 Å². The Balaban J connectivity index is 0.000000891. The third-order valence-corrected chi connectivity index (χ3v) is 3.85. The second kappa shape index (κ2) is 9.22. The lowest BCUT2D eigenvalue weighted by Crippen LogP contribution is -2.39. The zero-order valence-electron chi connectivity index (χ0n) is 15.3. The Morgan fingerprint density at radius 1 is 1.33 bits per heavy atom. The molecule has 2 rings (SSSR count). The lowest BCUT2D eigenvalue weighted by atomic mass is 10.2. The van der Waals surface area contributed by atoms with Crippen LogP contribution in [0.15, 0.2) is 28.6 Å². The summed E-state index contributed by atoms with van der Waals surface area (Å²) in [7, 11) is 5.08. The topological polar surface area (TPSA) is 71.1 Å². The molecule has 0 unspecified atom stereocenters. The quantitative estimate of drug-likeness (QED) is 0.596. The summed E-state index contributed by atoms with van der Waals surface area (Å²) in [4.78, 5) is 28.8. The molecule has 0 saturated carbocycles. The number of ether oxygens (including phenoxy) is 1. The molecule has 134 valence electrons. The Labute approximate surface area is 142 Å². The lowest BCUT2D eigenvalue weighted by Gasteiger charge is -2.10. The van der Waals surface area contributed by atoms with Gasteiger partial charge in [0.25, 0.3) is 5.56 Å².